The molecule has 14 heavy (non-hydrogen) atoms. The fourth-order valence-corrected chi connectivity index (χ4v) is 2.14. The summed E-state index contributed by atoms with van der Waals surface area (Å²) in [6.07, 6.45) is 7.16. The largest absolute Gasteiger partial charge is 0.308 e. The van der Waals surface area contributed by atoms with E-state index in [4.69, 9.17) is 6.42 Å². The minimum absolute atomic E-state index is 0.409. The summed E-state index contributed by atoms with van der Waals surface area (Å²) in [6.45, 7) is 5.24. The summed E-state index contributed by atoms with van der Waals surface area (Å²) in [5.41, 5.74) is 0. The van der Waals surface area contributed by atoms with Crippen molar-refractivity contribution < 1.29 is 0 Å². The Morgan fingerprint density at radius 3 is 2.79 bits per heavy atom. The highest BCUT2D eigenvalue weighted by Crippen LogP contribution is 2.16. The average Bonchev–Trinajstić information content (AvgIpc) is 2.63. The van der Waals surface area contributed by atoms with Gasteiger partial charge in [-0.25, -0.2) is 0 Å². The topological polar surface area (TPSA) is 12.0 Å². The van der Waals surface area contributed by atoms with Crippen LogP contribution in [0.15, 0.2) is 12.1 Å². The second-order valence-corrected chi connectivity index (χ2v) is 4.66. The van der Waals surface area contributed by atoms with Crippen LogP contribution in [0.25, 0.3) is 0 Å². The molecule has 0 saturated carbocycles. The third kappa shape index (κ3) is 3.53. The van der Waals surface area contributed by atoms with Crippen molar-refractivity contribution in [2.45, 2.75) is 39.3 Å². The zero-order chi connectivity index (χ0) is 10.4. The van der Waals surface area contributed by atoms with Crippen molar-refractivity contribution in [3.8, 4) is 12.3 Å². The molecule has 1 aromatic heterocycles. The molecule has 2 heteroatoms. The van der Waals surface area contributed by atoms with E-state index in [1.165, 1.54) is 9.75 Å². The first-order chi connectivity index (χ1) is 6.76. The van der Waals surface area contributed by atoms with E-state index in [0.29, 0.717) is 6.04 Å². The predicted molar refractivity (Wildman–Crippen MR) is 63.4 cm³/mol. The van der Waals surface area contributed by atoms with Crippen molar-refractivity contribution >= 4 is 11.3 Å². The molecule has 0 bridgehead atoms. The maximum atomic E-state index is 5.24. The van der Waals surface area contributed by atoms with Crippen molar-refractivity contribution in [3.05, 3.63) is 21.9 Å². The molecule has 0 fully saturated rings. The number of rotatable bonds is 5. The van der Waals surface area contributed by atoms with Gasteiger partial charge < -0.3 is 5.32 Å². The summed E-state index contributed by atoms with van der Waals surface area (Å²) < 4.78 is 0. The molecule has 0 amide bonds. The SMILES string of the molecule is C#CCC(C)NCc1ccc(CC)s1. The molecule has 0 aliphatic carbocycles. The molecule has 0 aliphatic heterocycles. The Balaban J connectivity index is 2.34. The van der Waals surface area contributed by atoms with Crippen LogP contribution in [0, 0.1) is 12.3 Å². The van der Waals surface area contributed by atoms with E-state index in [-0.39, 0.29) is 0 Å². The minimum atomic E-state index is 0.409. The Bertz CT molecular complexity index is 308. The maximum absolute atomic E-state index is 5.24. The zero-order valence-corrected chi connectivity index (χ0v) is 9.66. The van der Waals surface area contributed by atoms with Gasteiger partial charge in [0.1, 0.15) is 0 Å². The maximum Gasteiger partial charge on any atom is 0.0302 e. The summed E-state index contributed by atoms with van der Waals surface area (Å²) in [6, 6.07) is 4.80. The van der Waals surface area contributed by atoms with Crippen LogP contribution in [-0.2, 0) is 13.0 Å². The lowest BCUT2D eigenvalue weighted by Gasteiger charge is -2.08. The fraction of sp³-hybridized carbons (Fsp3) is 0.500. The molecule has 0 saturated heterocycles. The minimum Gasteiger partial charge on any atom is -0.308 e. The molecule has 1 atom stereocenters. The molecule has 1 N–H and O–H groups in total. The molecule has 1 nitrogen and oxygen atoms in total. The molecule has 1 unspecified atom stereocenters. The highest BCUT2D eigenvalue weighted by atomic mass is 32.1. The normalized spacial score (nSPS) is 12.4. The molecule has 1 heterocycles. The van der Waals surface area contributed by atoms with Crippen molar-refractivity contribution in [1.29, 1.82) is 0 Å². The van der Waals surface area contributed by atoms with Crippen LogP contribution in [0.4, 0.5) is 0 Å². The van der Waals surface area contributed by atoms with E-state index in [0.717, 1.165) is 19.4 Å². The Labute approximate surface area is 90.5 Å². The summed E-state index contributed by atoms with van der Waals surface area (Å²) in [5.74, 6) is 2.66. The Hall–Kier alpha value is -0.780. The quantitative estimate of drug-likeness (QED) is 0.732. The molecule has 0 radical (unpaired) electrons. The first-order valence-electron chi connectivity index (χ1n) is 5.00. The van der Waals surface area contributed by atoms with Gasteiger partial charge in [0.05, 0.1) is 0 Å². The Morgan fingerprint density at radius 2 is 2.21 bits per heavy atom. The molecule has 1 aromatic rings. The standard InChI is InChI=1S/C12H17NS/c1-4-6-10(3)13-9-12-8-7-11(5-2)14-12/h1,7-8,10,13H,5-6,9H2,2-3H3. The Kier molecular flexibility index (Phi) is 4.72. The second kappa shape index (κ2) is 5.85. The van der Waals surface area contributed by atoms with E-state index in [1.807, 2.05) is 11.3 Å². The number of nitrogens with one attached hydrogen (secondary N) is 1. The van der Waals surface area contributed by atoms with Gasteiger partial charge in [0.15, 0.2) is 0 Å². The van der Waals surface area contributed by atoms with Gasteiger partial charge in [-0.15, -0.1) is 23.7 Å². The van der Waals surface area contributed by atoms with Gasteiger partial charge in [0, 0.05) is 28.8 Å². The van der Waals surface area contributed by atoms with Gasteiger partial charge in [-0.1, -0.05) is 6.92 Å². The first kappa shape index (κ1) is 11.3. The number of thiophene rings is 1. The molecular formula is C12H17NS. The van der Waals surface area contributed by atoms with Gasteiger partial charge >= 0.3 is 0 Å². The van der Waals surface area contributed by atoms with Gasteiger partial charge in [0.2, 0.25) is 0 Å². The summed E-state index contributed by atoms with van der Waals surface area (Å²) in [5, 5.41) is 3.41. The van der Waals surface area contributed by atoms with E-state index in [9.17, 15) is 0 Å². The van der Waals surface area contributed by atoms with E-state index >= 15 is 0 Å². The summed E-state index contributed by atoms with van der Waals surface area (Å²) >= 11 is 1.88. The van der Waals surface area contributed by atoms with E-state index in [2.05, 4.69) is 37.2 Å². The molecule has 0 aromatic carbocycles. The lowest BCUT2D eigenvalue weighted by atomic mass is 10.2. The lowest BCUT2D eigenvalue weighted by molar-refractivity contribution is 0.563. The number of aryl methyl sites for hydroxylation is 1. The predicted octanol–water partition coefficient (Wildman–Crippen LogP) is 2.81. The van der Waals surface area contributed by atoms with Crippen LogP contribution < -0.4 is 5.32 Å². The van der Waals surface area contributed by atoms with Crippen molar-refractivity contribution in [3.63, 3.8) is 0 Å². The molecular weight excluding hydrogens is 190 g/mol. The zero-order valence-electron chi connectivity index (χ0n) is 8.84. The molecule has 0 spiro atoms. The lowest BCUT2D eigenvalue weighted by Crippen LogP contribution is -2.24. The van der Waals surface area contributed by atoms with Crippen molar-refractivity contribution in [1.82, 2.24) is 5.32 Å². The van der Waals surface area contributed by atoms with Crippen LogP contribution >= 0.6 is 11.3 Å². The first-order valence-corrected chi connectivity index (χ1v) is 5.82. The second-order valence-electron chi connectivity index (χ2n) is 3.41. The van der Waals surface area contributed by atoms with Crippen LogP contribution in [0.5, 0.6) is 0 Å². The Morgan fingerprint density at radius 1 is 1.50 bits per heavy atom. The monoisotopic (exact) mass is 207 g/mol. The summed E-state index contributed by atoms with van der Waals surface area (Å²) in [4.78, 5) is 2.84. The van der Waals surface area contributed by atoms with Gasteiger partial charge in [-0.05, 0) is 25.5 Å². The highest BCUT2D eigenvalue weighted by molar-refractivity contribution is 7.11. The van der Waals surface area contributed by atoms with Gasteiger partial charge in [-0.3, -0.25) is 0 Å². The number of hydrogen-bond acceptors (Lipinski definition) is 2. The van der Waals surface area contributed by atoms with Crippen LogP contribution in [-0.4, -0.2) is 6.04 Å². The van der Waals surface area contributed by atoms with Crippen molar-refractivity contribution in [2.75, 3.05) is 0 Å². The summed E-state index contributed by atoms with van der Waals surface area (Å²) in [7, 11) is 0. The third-order valence-electron chi connectivity index (χ3n) is 2.11. The van der Waals surface area contributed by atoms with Crippen LogP contribution in [0.2, 0.25) is 0 Å². The smallest absolute Gasteiger partial charge is 0.0302 e. The molecule has 1 rings (SSSR count). The number of terminal acetylenes is 1. The average molecular weight is 207 g/mol. The van der Waals surface area contributed by atoms with Gasteiger partial charge in [-0.2, -0.15) is 0 Å². The van der Waals surface area contributed by atoms with E-state index in [1.54, 1.807) is 0 Å². The fourth-order valence-electron chi connectivity index (χ4n) is 1.23. The van der Waals surface area contributed by atoms with Crippen molar-refractivity contribution in [2.24, 2.45) is 0 Å². The highest BCUT2D eigenvalue weighted by Gasteiger charge is 2.01. The van der Waals surface area contributed by atoms with Crippen LogP contribution in [0.3, 0.4) is 0 Å². The van der Waals surface area contributed by atoms with Crippen LogP contribution in [0.1, 0.15) is 30.0 Å². The molecule has 0 aliphatic rings. The third-order valence-corrected chi connectivity index (χ3v) is 3.34. The molecule has 76 valence electrons. The van der Waals surface area contributed by atoms with Gasteiger partial charge in [0.25, 0.3) is 0 Å². The van der Waals surface area contributed by atoms with E-state index < -0.39 is 0 Å². The number of hydrogen-bond donors (Lipinski definition) is 1.